The zero-order valence-electron chi connectivity index (χ0n) is 10.6. The molecule has 1 aliphatic heterocycles. The van der Waals surface area contributed by atoms with Gasteiger partial charge in [0.05, 0.1) is 17.8 Å². The summed E-state index contributed by atoms with van der Waals surface area (Å²) in [5.74, 6) is 1.54. The fourth-order valence-corrected chi connectivity index (χ4v) is 2.81. The van der Waals surface area contributed by atoms with Crippen LogP contribution in [0.4, 0.5) is 0 Å². The Bertz CT molecular complexity index is 524. The second-order valence-electron chi connectivity index (χ2n) is 4.80. The molecule has 1 aliphatic rings. The summed E-state index contributed by atoms with van der Waals surface area (Å²) in [6.45, 7) is 5.20. The highest BCUT2D eigenvalue weighted by Gasteiger charge is 2.30. The van der Waals surface area contributed by atoms with Crippen LogP contribution in [0, 0.1) is 0 Å². The molecule has 2 nitrogen and oxygen atoms in total. The summed E-state index contributed by atoms with van der Waals surface area (Å²) in [4.78, 5) is 2.40. The largest absolute Gasteiger partial charge is 0.465 e. The van der Waals surface area contributed by atoms with Gasteiger partial charge in [-0.15, -0.1) is 0 Å². The fraction of sp³-hybridized carbons (Fsp3) is 0.333. The third kappa shape index (κ3) is 2.47. The van der Waals surface area contributed by atoms with E-state index < -0.39 is 0 Å². The number of ether oxygens (including phenoxy) is 1. The molecule has 3 rings (SSSR count). The van der Waals surface area contributed by atoms with Crippen molar-refractivity contribution in [1.29, 1.82) is 0 Å². The first-order valence-electron chi connectivity index (χ1n) is 6.21. The number of furan rings is 1. The maximum Gasteiger partial charge on any atom is 0.148 e. The van der Waals surface area contributed by atoms with Crippen molar-refractivity contribution in [3.8, 4) is 0 Å². The molecule has 94 valence electrons. The number of epoxide rings is 1. The lowest BCUT2D eigenvalue weighted by atomic mass is 10.0. The van der Waals surface area contributed by atoms with Crippen molar-refractivity contribution >= 4 is 11.8 Å². The third-order valence-electron chi connectivity index (χ3n) is 3.06. The van der Waals surface area contributed by atoms with Gasteiger partial charge in [-0.3, -0.25) is 0 Å². The summed E-state index contributed by atoms with van der Waals surface area (Å²) in [5.41, 5.74) is 1.37. The second kappa shape index (κ2) is 4.82. The van der Waals surface area contributed by atoms with Crippen LogP contribution in [-0.2, 0) is 4.74 Å². The number of rotatable bonds is 4. The molecular weight excluding hydrogens is 244 g/mol. The summed E-state index contributed by atoms with van der Waals surface area (Å²) >= 11 is 1.74. The first kappa shape index (κ1) is 11.9. The van der Waals surface area contributed by atoms with Gasteiger partial charge in [0.25, 0.3) is 0 Å². The first-order valence-corrected chi connectivity index (χ1v) is 7.02. The predicted octanol–water partition coefficient (Wildman–Crippen LogP) is 4.63. The molecule has 1 saturated heterocycles. The van der Waals surface area contributed by atoms with Gasteiger partial charge in [0, 0.05) is 4.90 Å². The van der Waals surface area contributed by atoms with Gasteiger partial charge in [0.2, 0.25) is 0 Å². The molecule has 0 N–H and O–H groups in total. The molecule has 2 aromatic rings. The van der Waals surface area contributed by atoms with Crippen LogP contribution in [0.5, 0.6) is 0 Å². The van der Waals surface area contributed by atoms with E-state index in [4.69, 9.17) is 9.15 Å². The minimum atomic E-state index is 0.178. The quantitative estimate of drug-likeness (QED) is 0.750. The lowest BCUT2D eigenvalue weighted by Gasteiger charge is -2.06. The molecule has 1 aromatic carbocycles. The van der Waals surface area contributed by atoms with E-state index in [2.05, 4.69) is 38.1 Å². The van der Waals surface area contributed by atoms with E-state index >= 15 is 0 Å². The zero-order chi connectivity index (χ0) is 12.5. The van der Waals surface area contributed by atoms with Gasteiger partial charge in [-0.1, -0.05) is 37.7 Å². The Morgan fingerprint density at radius 1 is 1.17 bits per heavy atom. The maximum absolute atomic E-state index is 5.48. The summed E-state index contributed by atoms with van der Waals surface area (Å²) in [6, 6.07) is 10.7. The number of benzene rings is 1. The Morgan fingerprint density at radius 3 is 2.50 bits per heavy atom. The van der Waals surface area contributed by atoms with Crippen molar-refractivity contribution in [3.63, 3.8) is 0 Å². The molecule has 1 aromatic heterocycles. The molecule has 0 bridgehead atoms. The van der Waals surface area contributed by atoms with E-state index in [1.165, 1.54) is 10.5 Å². The highest BCUT2D eigenvalue weighted by atomic mass is 32.2. The van der Waals surface area contributed by atoms with E-state index in [0.717, 1.165) is 17.3 Å². The summed E-state index contributed by atoms with van der Waals surface area (Å²) in [6.07, 6.45) is 1.92. The Balaban J connectivity index is 1.77. The Hall–Kier alpha value is -1.19. The van der Waals surface area contributed by atoms with E-state index in [1.54, 1.807) is 18.0 Å². The number of hydrogen-bond acceptors (Lipinski definition) is 3. The van der Waals surface area contributed by atoms with Crippen LogP contribution < -0.4 is 0 Å². The van der Waals surface area contributed by atoms with E-state index in [9.17, 15) is 0 Å². The van der Waals surface area contributed by atoms with Crippen LogP contribution in [0.2, 0.25) is 0 Å². The van der Waals surface area contributed by atoms with Crippen LogP contribution in [0.15, 0.2) is 50.8 Å². The molecular formula is C15H16O2S. The third-order valence-corrected chi connectivity index (χ3v) is 4.12. The average molecular weight is 260 g/mol. The van der Waals surface area contributed by atoms with E-state index in [-0.39, 0.29) is 6.10 Å². The highest BCUT2D eigenvalue weighted by Crippen LogP contribution is 2.40. The number of hydrogen-bond donors (Lipinski definition) is 0. The van der Waals surface area contributed by atoms with Gasteiger partial charge in [-0.2, -0.15) is 0 Å². The van der Waals surface area contributed by atoms with Crippen molar-refractivity contribution in [2.24, 2.45) is 0 Å². The van der Waals surface area contributed by atoms with Crippen LogP contribution in [0.25, 0.3) is 0 Å². The Labute approximate surface area is 111 Å². The highest BCUT2D eigenvalue weighted by molar-refractivity contribution is 7.99. The predicted molar refractivity (Wildman–Crippen MR) is 72.1 cm³/mol. The molecule has 0 amide bonds. The molecule has 0 radical (unpaired) electrons. The average Bonchev–Trinajstić information content (AvgIpc) is 3.11. The minimum absolute atomic E-state index is 0.178. The van der Waals surface area contributed by atoms with Crippen molar-refractivity contribution in [2.45, 2.75) is 35.7 Å². The fourth-order valence-electron chi connectivity index (χ4n) is 1.88. The molecule has 1 fully saturated rings. The topological polar surface area (TPSA) is 25.7 Å². The summed E-state index contributed by atoms with van der Waals surface area (Å²) in [7, 11) is 0. The van der Waals surface area contributed by atoms with Crippen LogP contribution in [0.3, 0.4) is 0 Å². The second-order valence-corrected chi connectivity index (χ2v) is 5.91. The summed E-state index contributed by atoms with van der Waals surface area (Å²) < 4.78 is 10.8. The molecule has 3 heteroatoms. The van der Waals surface area contributed by atoms with Gasteiger partial charge in [0.15, 0.2) is 0 Å². The molecule has 18 heavy (non-hydrogen) atoms. The summed E-state index contributed by atoms with van der Waals surface area (Å²) in [5, 5.41) is 0. The maximum atomic E-state index is 5.48. The van der Waals surface area contributed by atoms with Gasteiger partial charge in [-0.25, -0.2) is 0 Å². The Kier molecular flexibility index (Phi) is 3.18. The van der Waals surface area contributed by atoms with Gasteiger partial charge in [-0.05, 0) is 29.7 Å². The van der Waals surface area contributed by atoms with Crippen LogP contribution in [0.1, 0.15) is 37.2 Å². The van der Waals surface area contributed by atoms with Crippen molar-refractivity contribution < 1.29 is 9.15 Å². The van der Waals surface area contributed by atoms with Gasteiger partial charge < -0.3 is 9.15 Å². The van der Waals surface area contributed by atoms with Gasteiger partial charge in [0.1, 0.15) is 11.9 Å². The lowest BCUT2D eigenvalue weighted by Crippen LogP contribution is -1.86. The van der Waals surface area contributed by atoms with Crippen LogP contribution >= 0.6 is 11.8 Å². The van der Waals surface area contributed by atoms with Crippen molar-refractivity contribution in [1.82, 2.24) is 0 Å². The smallest absolute Gasteiger partial charge is 0.148 e. The van der Waals surface area contributed by atoms with Crippen LogP contribution in [-0.4, -0.2) is 6.61 Å². The minimum Gasteiger partial charge on any atom is -0.465 e. The first-order chi connectivity index (χ1) is 8.74. The van der Waals surface area contributed by atoms with E-state index in [1.807, 2.05) is 6.07 Å². The Morgan fingerprint density at radius 2 is 1.89 bits per heavy atom. The molecule has 0 spiro atoms. The molecule has 0 saturated carbocycles. The van der Waals surface area contributed by atoms with Crippen molar-refractivity contribution in [3.05, 3.63) is 47.9 Å². The van der Waals surface area contributed by atoms with E-state index in [0.29, 0.717) is 5.92 Å². The molecule has 0 aliphatic carbocycles. The molecule has 1 unspecified atom stereocenters. The molecule has 2 heterocycles. The monoisotopic (exact) mass is 260 g/mol. The van der Waals surface area contributed by atoms with Crippen molar-refractivity contribution in [2.75, 3.05) is 6.61 Å². The standard InChI is InChI=1S/C15H16O2S/c1-10(2)11-3-5-12(6-4-11)18-14-7-8-16-15(14)13-9-17-13/h3-8,10,13H,9H2,1-2H3. The SMILES string of the molecule is CC(C)c1ccc(Sc2ccoc2C2CO2)cc1. The lowest BCUT2D eigenvalue weighted by molar-refractivity contribution is 0.365. The normalized spacial score (nSPS) is 18.3. The molecule has 1 atom stereocenters. The van der Waals surface area contributed by atoms with Gasteiger partial charge >= 0.3 is 0 Å². The zero-order valence-corrected chi connectivity index (χ0v) is 11.4.